The smallest absolute Gasteiger partial charge is 0.244 e. The minimum atomic E-state index is -3.73. The first kappa shape index (κ1) is 26.8. The number of hydrogen-bond acceptors (Lipinski definition) is 8. The number of nitrogens with one attached hydrogen (secondary N) is 2. The van der Waals surface area contributed by atoms with Gasteiger partial charge in [-0.2, -0.15) is 4.72 Å². The van der Waals surface area contributed by atoms with Crippen LogP contribution in [0.4, 0.5) is 11.4 Å². The minimum Gasteiger partial charge on any atom is -0.398 e. The number of para-hydroxylation sites is 1. The first-order valence-corrected chi connectivity index (χ1v) is 16.2. The SMILES string of the molecule is Nc1ccccc1S(N)(=O)=O.O=S(=O)(NC1CCCCC1)c1ccc2c(c1)S(=O)(=O)NC1CCCN21. The van der Waals surface area contributed by atoms with Crippen molar-refractivity contribution in [2.45, 2.75) is 71.8 Å². The van der Waals surface area contributed by atoms with E-state index in [9.17, 15) is 25.3 Å². The Hall–Kier alpha value is -2.23. The minimum absolute atomic E-state index is 0.0137. The predicted molar refractivity (Wildman–Crippen MR) is 137 cm³/mol. The molecule has 2 aromatic carbocycles. The lowest BCUT2D eigenvalue weighted by Gasteiger charge is -2.34. The Kier molecular flexibility index (Phi) is 7.65. The second kappa shape index (κ2) is 10.3. The summed E-state index contributed by atoms with van der Waals surface area (Å²) in [6, 6.07) is 10.4. The van der Waals surface area contributed by atoms with Crippen molar-refractivity contribution >= 4 is 41.4 Å². The summed E-state index contributed by atoms with van der Waals surface area (Å²) in [6.07, 6.45) is 6.30. The van der Waals surface area contributed by atoms with Crippen molar-refractivity contribution in [3.63, 3.8) is 0 Å². The number of benzene rings is 2. The second-order valence-corrected chi connectivity index (χ2v) is 14.1. The van der Waals surface area contributed by atoms with E-state index in [0.717, 1.165) is 51.5 Å². The van der Waals surface area contributed by atoms with Gasteiger partial charge in [0.25, 0.3) is 0 Å². The van der Waals surface area contributed by atoms with Crippen molar-refractivity contribution in [2.24, 2.45) is 5.14 Å². The van der Waals surface area contributed by atoms with E-state index in [-0.39, 0.29) is 32.6 Å². The first-order chi connectivity index (χ1) is 16.9. The first-order valence-electron chi connectivity index (χ1n) is 11.7. The van der Waals surface area contributed by atoms with Crippen LogP contribution < -0.4 is 25.2 Å². The van der Waals surface area contributed by atoms with Crippen LogP contribution >= 0.6 is 0 Å². The number of hydrogen-bond donors (Lipinski definition) is 4. The molecular weight excluding hydrogens is 526 g/mol. The molecule has 1 saturated heterocycles. The normalized spacial score (nSPS) is 21.7. The molecule has 0 bridgehead atoms. The highest BCUT2D eigenvalue weighted by molar-refractivity contribution is 7.90. The number of nitrogens with two attached hydrogens (primary N) is 2. The zero-order valence-corrected chi connectivity index (χ0v) is 22.1. The zero-order chi connectivity index (χ0) is 26.1. The molecule has 198 valence electrons. The Morgan fingerprint density at radius 2 is 1.64 bits per heavy atom. The second-order valence-electron chi connectivity index (χ2n) is 9.14. The Labute approximate surface area is 212 Å². The van der Waals surface area contributed by atoms with Crippen LogP contribution in [0.5, 0.6) is 0 Å². The fraction of sp³-hybridized carbons (Fsp3) is 0.455. The molecule has 0 aromatic heterocycles. The van der Waals surface area contributed by atoms with Gasteiger partial charge in [-0.05, 0) is 56.0 Å². The Morgan fingerprint density at radius 3 is 2.28 bits per heavy atom. The van der Waals surface area contributed by atoms with Crippen LogP contribution in [0.25, 0.3) is 0 Å². The van der Waals surface area contributed by atoms with E-state index >= 15 is 0 Å². The summed E-state index contributed by atoms with van der Waals surface area (Å²) in [5, 5.41) is 4.85. The third-order valence-corrected chi connectivity index (χ3v) is 10.5. The van der Waals surface area contributed by atoms with Crippen LogP contribution in [0.2, 0.25) is 0 Å². The summed E-state index contributed by atoms with van der Waals surface area (Å²) >= 11 is 0. The summed E-state index contributed by atoms with van der Waals surface area (Å²) in [5.74, 6) is 0. The summed E-state index contributed by atoms with van der Waals surface area (Å²) < 4.78 is 77.3. The molecule has 0 amide bonds. The topological polar surface area (TPSA) is 182 Å². The number of sulfonamides is 3. The molecule has 2 fully saturated rings. The highest BCUT2D eigenvalue weighted by Crippen LogP contribution is 2.36. The van der Waals surface area contributed by atoms with Crippen molar-refractivity contribution < 1.29 is 25.3 Å². The Bertz CT molecular complexity index is 1440. The van der Waals surface area contributed by atoms with E-state index in [1.165, 1.54) is 24.3 Å². The van der Waals surface area contributed by atoms with E-state index in [1.807, 2.05) is 4.90 Å². The van der Waals surface area contributed by atoms with Crippen LogP contribution in [0, 0.1) is 0 Å². The molecule has 0 radical (unpaired) electrons. The zero-order valence-electron chi connectivity index (χ0n) is 19.6. The summed E-state index contributed by atoms with van der Waals surface area (Å²) in [7, 11) is -11.1. The van der Waals surface area contributed by atoms with Gasteiger partial charge in [0.1, 0.15) is 9.79 Å². The monoisotopic (exact) mass is 557 g/mol. The van der Waals surface area contributed by atoms with E-state index in [4.69, 9.17) is 10.9 Å². The summed E-state index contributed by atoms with van der Waals surface area (Å²) in [4.78, 5) is 2.04. The molecule has 1 atom stereocenters. The molecular formula is C22H31N5O6S3. The number of nitrogens with zero attached hydrogens (tertiary/aromatic N) is 1. The summed E-state index contributed by atoms with van der Waals surface area (Å²) in [5.41, 5.74) is 6.12. The molecule has 5 rings (SSSR count). The van der Waals surface area contributed by atoms with E-state index < -0.39 is 30.1 Å². The fourth-order valence-electron chi connectivity index (χ4n) is 4.78. The average Bonchev–Trinajstić information content (AvgIpc) is 3.27. The molecule has 1 unspecified atom stereocenters. The molecule has 2 aromatic rings. The molecule has 1 aliphatic carbocycles. The van der Waals surface area contributed by atoms with E-state index in [2.05, 4.69) is 9.44 Å². The van der Waals surface area contributed by atoms with Crippen LogP contribution in [0.3, 0.4) is 0 Å². The maximum Gasteiger partial charge on any atom is 0.244 e. The molecule has 6 N–H and O–H groups in total. The number of anilines is 2. The average molecular weight is 558 g/mol. The molecule has 1 saturated carbocycles. The summed E-state index contributed by atoms with van der Waals surface area (Å²) in [6.45, 7) is 0.770. The molecule has 2 aliphatic heterocycles. The Morgan fingerprint density at radius 1 is 0.944 bits per heavy atom. The van der Waals surface area contributed by atoms with Gasteiger partial charge >= 0.3 is 0 Å². The lowest BCUT2D eigenvalue weighted by Crippen LogP contribution is -2.49. The third-order valence-electron chi connectivity index (χ3n) is 6.54. The maximum atomic E-state index is 12.7. The Balaban J connectivity index is 0.000000233. The van der Waals surface area contributed by atoms with Crippen molar-refractivity contribution in [1.82, 2.24) is 9.44 Å². The molecule has 2 heterocycles. The van der Waals surface area contributed by atoms with E-state index in [1.54, 1.807) is 18.2 Å². The third kappa shape index (κ3) is 5.84. The van der Waals surface area contributed by atoms with Gasteiger partial charge in [-0.3, -0.25) is 0 Å². The van der Waals surface area contributed by atoms with Gasteiger partial charge in [0, 0.05) is 12.6 Å². The lowest BCUT2D eigenvalue weighted by atomic mass is 9.96. The van der Waals surface area contributed by atoms with Crippen molar-refractivity contribution in [2.75, 3.05) is 17.2 Å². The van der Waals surface area contributed by atoms with Gasteiger partial charge < -0.3 is 10.6 Å². The molecule has 36 heavy (non-hydrogen) atoms. The van der Waals surface area contributed by atoms with Gasteiger partial charge in [-0.1, -0.05) is 31.4 Å². The van der Waals surface area contributed by atoms with Crippen LogP contribution in [-0.2, 0) is 30.1 Å². The number of nitrogen functional groups attached to an aromatic ring is 1. The fourth-order valence-corrected chi connectivity index (χ4v) is 8.33. The van der Waals surface area contributed by atoms with Crippen LogP contribution in [0.1, 0.15) is 44.9 Å². The van der Waals surface area contributed by atoms with E-state index in [0.29, 0.717) is 5.69 Å². The molecule has 0 spiro atoms. The molecule has 14 heteroatoms. The highest BCUT2D eigenvalue weighted by Gasteiger charge is 2.38. The van der Waals surface area contributed by atoms with Gasteiger partial charge in [0.2, 0.25) is 30.1 Å². The molecule has 3 aliphatic rings. The van der Waals surface area contributed by atoms with Crippen molar-refractivity contribution in [3.05, 3.63) is 42.5 Å². The standard InChI is InChI=1S/C16H23N3O4S2.C6H8N2O2S/c20-24(21,17-12-5-2-1-3-6-12)13-8-9-14-15(11-13)25(22,23)18-16-7-4-10-19(14)16;7-5-3-1-2-4-6(5)11(8,9)10/h8-9,11-12,16-18H,1-7,10H2;1-4H,7H2,(H2,8,9,10). The predicted octanol–water partition coefficient (Wildman–Crippen LogP) is 1.43. The largest absolute Gasteiger partial charge is 0.398 e. The van der Waals surface area contributed by atoms with Gasteiger partial charge in [0.05, 0.1) is 22.4 Å². The highest BCUT2D eigenvalue weighted by atomic mass is 32.2. The lowest BCUT2D eigenvalue weighted by molar-refractivity contribution is 0.412. The molecule has 11 nitrogen and oxygen atoms in total. The van der Waals surface area contributed by atoms with Gasteiger partial charge in [-0.15, -0.1) is 0 Å². The van der Waals surface area contributed by atoms with Gasteiger partial charge in [-0.25, -0.2) is 35.1 Å². The number of rotatable bonds is 4. The quantitative estimate of drug-likeness (QED) is 0.407. The number of fused-ring (bicyclic) bond motifs is 3. The number of primary sulfonamides is 1. The van der Waals surface area contributed by atoms with Crippen LogP contribution in [-0.4, -0.2) is 44.0 Å². The van der Waals surface area contributed by atoms with Crippen molar-refractivity contribution in [1.29, 1.82) is 0 Å². The van der Waals surface area contributed by atoms with Crippen molar-refractivity contribution in [3.8, 4) is 0 Å². The van der Waals surface area contributed by atoms with Gasteiger partial charge in [0.15, 0.2) is 0 Å². The van der Waals surface area contributed by atoms with Crippen LogP contribution in [0.15, 0.2) is 57.2 Å². The maximum absolute atomic E-state index is 12.7.